The number of aliphatic hydroxyl groups is 2. The van der Waals surface area contributed by atoms with Gasteiger partial charge in [0.25, 0.3) is 0 Å². The first-order chi connectivity index (χ1) is 15.8. The molecule has 15 heteroatoms. The summed E-state index contributed by atoms with van der Waals surface area (Å²) in [4.78, 5) is 40.6. The summed E-state index contributed by atoms with van der Waals surface area (Å²) >= 11 is 0. The summed E-state index contributed by atoms with van der Waals surface area (Å²) in [5, 5.41) is 39.3. The van der Waals surface area contributed by atoms with Crippen LogP contribution < -0.4 is 0 Å². The van der Waals surface area contributed by atoms with Gasteiger partial charge >= 0.3 is 32.3 Å². The van der Waals surface area contributed by atoms with Gasteiger partial charge in [-0.1, -0.05) is 36.4 Å². The second kappa shape index (κ2) is 13.9. The van der Waals surface area contributed by atoms with Crippen molar-refractivity contribution >= 4 is 15.2 Å². The van der Waals surface area contributed by atoms with E-state index in [-0.39, 0.29) is 65.9 Å². The predicted molar refractivity (Wildman–Crippen MR) is 123 cm³/mol. The first-order valence-electron chi connectivity index (χ1n) is 10.2. The summed E-state index contributed by atoms with van der Waals surface area (Å²) in [6.07, 6.45) is -1.35. The monoisotopic (exact) mass is 576 g/mol. The van der Waals surface area contributed by atoms with Gasteiger partial charge in [-0.15, -0.1) is 0 Å². The number of aliphatic hydroxyl groups excluding tert-OH is 2. The number of hydrogen-bond acceptors (Lipinski definition) is 8. The minimum atomic E-state index is -4.52. The van der Waals surface area contributed by atoms with E-state index < -0.39 is 41.0 Å². The molecule has 0 heterocycles. The van der Waals surface area contributed by atoms with E-state index in [0.29, 0.717) is 11.1 Å². The van der Waals surface area contributed by atoms with Crippen molar-refractivity contribution in [2.24, 2.45) is 0 Å². The summed E-state index contributed by atoms with van der Waals surface area (Å²) in [7, 11) is -9.05. The molecular weight excluding hydrogens is 546 g/mol. The largest absolute Gasteiger partial charge is 2.00 e. The van der Waals surface area contributed by atoms with E-state index in [0.717, 1.165) is 0 Å². The van der Waals surface area contributed by atoms with Gasteiger partial charge in [-0.05, 0) is 0 Å². The van der Waals surface area contributed by atoms with Gasteiger partial charge in [0.15, 0.2) is 0 Å². The van der Waals surface area contributed by atoms with Crippen LogP contribution >= 0.6 is 15.2 Å². The van der Waals surface area contributed by atoms with Crippen LogP contribution in [0.15, 0.2) is 36.4 Å². The SMILES string of the molecule is O=P(O)(O)CN(CCN(Cc1cccc(CO)c1O)CP(=O)(O)O)Cc1cccc(CO)c1O.[Fe+2]. The van der Waals surface area contributed by atoms with E-state index in [2.05, 4.69) is 0 Å². The fraction of sp³-hybridized carbons (Fsp3) is 0.400. The molecule has 0 aromatic heterocycles. The normalized spacial score (nSPS) is 12.2. The molecule has 0 aliphatic rings. The van der Waals surface area contributed by atoms with Crippen LogP contribution in [-0.2, 0) is 52.5 Å². The van der Waals surface area contributed by atoms with E-state index >= 15 is 0 Å². The molecule has 0 unspecified atom stereocenters. The van der Waals surface area contributed by atoms with E-state index in [4.69, 9.17) is 0 Å². The van der Waals surface area contributed by atoms with Crippen molar-refractivity contribution < 1.29 is 66.2 Å². The fourth-order valence-electron chi connectivity index (χ4n) is 3.48. The molecule has 0 aliphatic heterocycles. The van der Waals surface area contributed by atoms with Gasteiger partial charge in [-0.2, -0.15) is 0 Å². The van der Waals surface area contributed by atoms with Crippen molar-refractivity contribution in [2.45, 2.75) is 26.3 Å². The van der Waals surface area contributed by atoms with Gasteiger partial charge in [-0.3, -0.25) is 18.9 Å². The first kappa shape index (κ1) is 31.7. The average Bonchev–Trinajstić information content (AvgIpc) is 2.72. The number of para-hydroxylation sites is 2. The summed E-state index contributed by atoms with van der Waals surface area (Å²) in [6.45, 7) is -1.14. The molecule has 12 nitrogen and oxygen atoms in total. The van der Waals surface area contributed by atoms with Crippen LogP contribution in [0.1, 0.15) is 22.3 Å². The van der Waals surface area contributed by atoms with E-state index in [1.165, 1.54) is 34.1 Å². The van der Waals surface area contributed by atoms with Crippen molar-refractivity contribution in [1.82, 2.24) is 9.80 Å². The predicted octanol–water partition coefficient (Wildman–Crippen LogP) is 0.654. The molecule has 8 N–H and O–H groups in total. The van der Waals surface area contributed by atoms with Crippen molar-refractivity contribution in [1.29, 1.82) is 0 Å². The molecule has 35 heavy (non-hydrogen) atoms. The van der Waals surface area contributed by atoms with E-state index in [9.17, 15) is 49.1 Å². The number of aromatic hydroxyl groups is 2. The number of phenols is 2. The third kappa shape index (κ3) is 10.7. The van der Waals surface area contributed by atoms with Gasteiger partial charge in [0.05, 0.1) is 13.2 Å². The van der Waals surface area contributed by atoms with Gasteiger partial charge < -0.3 is 40.0 Å². The fourth-order valence-corrected chi connectivity index (χ4v) is 5.01. The Labute approximate surface area is 213 Å². The Morgan fingerprint density at radius 2 is 0.943 bits per heavy atom. The summed E-state index contributed by atoms with van der Waals surface area (Å²) in [5.74, 6) is -0.419. The maximum absolute atomic E-state index is 11.7. The standard InChI is InChI=1S/C20H30N2O10P2.Fe/c23-11-17-5-1-3-15(19(17)25)9-21(13-33(27,28)29)7-8-22(14-34(30,31)32)10-16-4-2-6-18(12-24)20(16)26;/h1-6,23-26H,7-14H2,(H2,27,28,29)(H2,30,31,32);/q;+2. The molecular formula is C20H30FeN2O10P2+2. The minimum Gasteiger partial charge on any atom is -0.507 e. The number of rotatable bonds is 13. The van der Waals surface area contributed by atoms with Crippen LogP contribution in [0.2, 0.25) is 0 Å². The Balaban J connectivity index is 0.00000612. The molecule has 0 spiro atoms. The van der Waals surface area contributed by atoms with Crippen LogP contribution in [0, 0.1) is 0 Å². The molecule has 0 saturated carbocycles. The van der Waals surface area contributed by atoms with E-state index in [1.807, 2.05) is 0 Å². The average molecular weight is 576 g/mol. The van der Waals surface area contributed by atoms with Crippen molar-refractivity contribution in [2.75, 3.05) is 25.7 Å². The third-order valence-corrected chi connectivity index (χ3v) is 6.57. The van der Waals surface area contributed by atoms with Gasteiger partial charge in [0.1, 0.15) is 24.1 Å². The summed E-state index contributed by atoms with van der Waals surface area (Å²) < 4.78 is 23.4. The first-order valence-corrected chi connectivity index (χ1v) is 13.8. The van der Waals surface area contributed by atoms with Crippen molar-refractivity contribution in [3.63, 3.8) is 0 Å². The zero-order chi connectivity index (χ0) is 25.5. The zero-order valence-electron chi connectivity index (χ0n) is 18.7. The topological polar surface area (TPSA) is 202 Å². The van der Waals surface area contributed by atoms with Gasteiger partial charge in [0, 0.05) is 48.4 Å². The molecule has 0 fully saturated rings. The zero-order valence-corrected chi connectivity index (χ0v) is 21.6. The smallest absolute Gasteiger partial charge is 0.507 e. The summed E-state index contributed by atoms with van der Waals surface area (Å²) in [6, 6.07) is 9.22. The Hall–Kier alpha value is -1.30. The Kier molecular flexibility index (Phi) is 12.6. The number of benzene rings is 2. The molecule has 0 radical (unpaired) electrons. The van der Waals surface area contributed by atoms with Crippen LogP contribution in [0.4, 0.5) is 0 Å². The van der Waals surface area contributed by atoms with Crippen molar-refractivity contribution in [3.05, 3.63) is 58.7 Å². The Bertz CT molecular complexity index is 979. The third-order valence-electron chi connectivity index (χ3n) is 5.04. The molecule has 0 atom stereocenters. The molecule has 2 rings (SSSR count). The van der Waals surface area contributed by atoms with Crippen molar-refractivity contribution in [3.8, 4) is 11.5 Å². The Morgan fingerprint density at radius 1 is 0.629 bits per heavy atom. The minimum absolute atomic E-state index is 0. The maximum atomic E-state index is 11.7. The summed E-state index contributed by atoms with van der Waals surface area (Å²) in [5.41, 5.74) is 1.12. The van der Waals surface area contributed by atoms with Gasteiger partial charge in [0.2, 0.25) is 0 Å². The second-order valence-corrected chi connectivity index (χ2v) is 11.1. The van der Waals surface area contributed by atoms with Crippen LogP contribution in [0.25, 0.3) is 0 Å². The number of hydrogen-bond donors (Lipinski definition) is 8. The molecule has 0 aliphatic carbocycles. The van der Waals surface area contributed by atoms with Crippen LogP contribution in [0.5, 0.6) is 11.5 Å². The maximum Gasteiger partial charge on any atom is 2.00 e. The van der Waals surface area contributed by atoms with Gasteiger partial charge in [-0.25, -0.2) is 0 Å². The second-order valence-electron chi connectivity index (χ2n) is 7.88. The molecule has 2 aromatic rings. The molecule has 196 valence electrons. The van der Waals surface area contributed by atoms with Crippen LogP contribution in [-0.4, -0.2) is 75.5 Å². The molecule has 0 amide bonds. The number of nitrogens with zero attached hydrogens (tertiary/aromatic N) is 2. The molecule has 2 aromatic carbocycles. The Morgan fingerprint density at radius 3 is 1.23 bits per heavy atom. The van der Waals surface area contributed by atoms with E-state index in [1.54, 1.807) is 12.1 Å². The molecule has 0 bridgehead atoms. The molecule has 0 saturated heterocycles. The quantitative estimate of drug-likeness (QED) is 0.122. The van der Waals surface area contributed by atoms with Crippen LogP contribution in [0.3, 0.4) is 0 Å².